The lowest BCUT2D eigenvalue weighted by molar-refractivity contribution is -0.144. The summed E-state index contributed by atoms with van der Waals surface area (Å²) in [5.41, 5.74) is 1.55. The summed E-state index contributed by atoms with van der Waals surface area (Å²) in [6.45, 7) is 2.25. The van der Waals surface area contributed by atoms with Crippen LogP contribution >= 0.6 is 0 Å². The number of hydrogen-bond acceptors (Lipinski definition) is 3. The third kappa shape index (κ3) is 2.31. The smallest absolute Gasteiger partial charge is 0.310 e. The van der Waals surface area contributed by atoms with E-state index in [0.717, 1.165) is 18.4 Å². The molecule has 0 spiro atoms. The highest BCUT2D eigenvalue weighted by atomic mass is 19.1. The summed E-state index contributed by atoms with van der Waals surface area (Å²) in [5.74, 6) is -1.50. The van der Waals surface area contributed by atoms with Crippen molar-refractivity contribution in [2.75, 3.05) is 0 Å². The van der Waals surface area contributed by atoms with E-state index in [4.69, 9.17) is 4.74 Å². The number of nitrogens with one attached hydrogen (secondary N) is 1. The van der Waals surface area contributed by atoms with Crippen molar-refractivity contribution in [1.29, 1.82) is 0 Å². The zero-order valence-corrected chi connectivity index (χ0v) is 11.3. The molecule has 0 aliphatic carbocycles. The van der Waals surface area contributed by atoms with Crippen molar-refractivity contribution < 1.29 is 19.0 Å². The number of halogens is 1. The molecule has 0 unspecified atom stereocenters. The van der Waals surface area contributed by atoms with E-state index in [9.17, 15) is 14.3 Å². The number of aryl methyl sites for hydroxylation is 1. The van der Waals surface area contributed by atoms with Crippen molar-refractivity contribution >= 4 is 5.97 Å². The Morgan fingerprint density at radius 1 is 1.45 bits per heavy atom. The van der Waals surface area contributed by atoms with E-state index in [1.807, 2.05) is 0 Å². The predicted molar refractivity (Wildman–Crippen MR) is 70.8 cm³/mol. The molecular weight excluding hydrogens is 261 g/mol. The number of fused-ring (bicyclic) bond motifs is 2. The van der Waals surface area contributed by atoms with Crippen molar-refractivity contribution in [3.63, 3.8) is 0 Å². The van der Waals surface area contributed by atoms with Gasteiger partial charge in [-0.05, 0) is 37.0 Å². The Hall–Kier alpha value is -1.46. The summed E-state index contributed by atoms with van der Waals surface area (Å²) < 4.78 is 18.9. The average molecular weight is 279 g/mol. The lowest BCUT2D eigenvalue weighted by atomic mass is 9.84. The molecule has 0 amide bonds. The number of carboxylic acids is 1. The zero-order valence-electron chi connectivity index (χ0n) is 11.3. The molecule has 2 N–H and O–H groups in total. The number of carboxylic acid groups (broad SMARTS) is 1. The molecule has 1 aromatic carbocycles. The first-order valence-electron chi connectivity index (χ1n) is 6.93. The van der Waals surface area contributed by atoms with Crippen LogP contribution in [-0.4, -0.2) is 29.3 Å². The summed E-state index contributed by atoms with van der Waals surface area (Å²) in [6, 6.07) is 4.79. The summed E-state index contributed by atoms with van der Waals surface area (Å²) in [6.07, 6.45) is 1.57. The van der Waals surface area contributed by atoms with Crippen LogP contribution in [0.2, 0.25) is 0 Å². The topological polar surface area (TPSA) is 58.6 Å². The second kappa shape index (κ2) is 5.14. The van der Waals surface area contributed by atoms with Gasteiger partial charge in [-0.1, -0.05) is 12.1 Å². The average Bonchev–Trinajstić information content (AvgIpc) is 3.00. The van der Waals surface area contributed by atoms with Crippen molar-refractivity contribution in [1.82, 2.24) is 5.32 Å². The highest BCUT2D eigenvalue weighted by Crippen LogP contribution is 2.39. The molecule has 0 saturated carbocycles. The molecule has 4 atom stereocenters. The second-order valence-electron chi connectivity index (χ2n) is 5.64. The van der Waals surface area contributed by atoms with Crippen LogP contribution in [0, 0.1) is 18.7 Å². The molecule has 2 bridgehead atoms. The number of aliphatic carboxylic acids is 1. The van der Waals surface area contributed by atoms with Crippen LogP contribution in [0.15, 0.2) is 18.2 Å². The summed E-state index contributed by atoms with van der Waals surface area (Å²) in [7, 11) is 0. The first kappa shape index (κ1) is 13.5. The molecular formula is C15H18FNO3. The highest BCUT2D eigenvalue weighted by molar-refractivity contribution is 5.72. The maximum absolute atomic E-state index is 13.2. The molecule has 2 fully saturated rings. The van der Waals surface area contributed by atoms with Crippen molar-refractivity contribution in [3.05, 3.63) is 35.1 Å². The van der Waals surface area contributed by atoms with Gasteiger partial charge in [-0.3, -0.25) is 4.79 Å². The molecule has 0 radical (unpaired) electrons. The molecule has 2 aliphatic heterocycles. The minimum Gasteiger partial charge on any atom is -0.481 e. The Morgan fingerprint density at radius 3 is 2.90 bits per heavy atom. The Morgan fingerprint density at radius 2 is 2.20 bits per heavy atom. The fourth-order valence-electron chi connectivity index (χ4n) is 3.30. The van der Waals surface area contributed by atoms with E-state index in [0.29, 0.717) is 12.1 Å². The maximum atomic E-state index is 13.2. The molecule has 0 aromatic heterocycles. The highest BCUT2D eigenvalue weighted by Gasteiger charge is 2.52. The first-order valence-corrected chi connectivity index (χ1v) is 6.93. The van der Waals surface area contributed by atoms with Gasteiger partial charge in [0, 0.05) is 12.6 Å². The van der Waals surface area contributed by atoms with Gasteiger partial charge < -0.3 is 15.2 Å². The van der Waals surface area contributed by atoms with E-state index in [2.05, 4.69) is 5.32 Å². The molecule has 3 rings (SSSR count). The third-order valence-electron chi connectivity index (χ3n) is 4.32. The second-order valence-corrected chi connectivity index (χ2v) is 5.64. The predicted octanol–water partition coefficient (Wildman–Crippen LogP) is 1.85. The normalized spacial score (nSPS) is 31.7. The van der Waals surface area contributed by atoms with Crippen LogP contribution in [0.1, 0.15) is 24.0 Å². The van der Waals surface area contributed by atoms with Gasteiger partial charge in [0.05, 0.1) is 12.2 Å². The number of hydrogen-bond donors (Lipinski definition) is 2. The van der Waals surface area contributed by atoms with Gasteiger partial charge in [0.2, 0.25) is 0 Å². The van der Waals surface area contributed by atoms with E-state index < -0.39 is 11.9 Å². The lowest BCUT2D eigenvalue weighted by Gasteiger charge is -2.26. The van der Waals surface area contributed by atoms with E-state index in [-0.39, 0.29) is 24.1 Å². The first-order chi connectivity index (χ1) is 9.56. The van der Waals surface area contributed by atoms with E-state index >= 15 is 0 Å². The lowest BCUT2D eigenvalue weighted by Crippen LogP contribution is -2.46. The van der Waals surface area contributed by atoms with Crippen LogP contribution in [-0.2, 0) is 16.1 Å². The molecule has 4 nitrogen and oxygen atoms in total. The van der Waals surface area contributed by atoms with Crippen LogP contribution in [0.25, 0.3) is 0 Å². The van der Waals surface area contributed by atoms with Crippen LogP contribution in [0.5, 0.6) is 0 Å². The molecule has 2 aliphatic rings. The summed E-state index contributed by atoms with van der Waals surface area (Å²) in [5, 5.41) is 12.6. The Balaban J connectivity index is 1.68. The standard InChI is InChI=1S/C15H18FNO3/c1-8-6-9(2-3-10(8)16)7-17-14-12-5-4-11(20-12)13(14)15(18)19/h2-3,6,11-14,17H,4-5,7H2,1H3,(H,18,19)/t11-,12+,13-,14+/m1/s1. The number of carbonyl (C=O) groups is 1. The SMILES string of the molecule is Cc1cc(CN[C@@H]2[C@H](C(=O)O)[C@H]3CC[C@@H]2O3)ccc1F. The van der Waals surface area contributed by atoms with E-state index in [1.54, 1.807) is 19.1 Å². The van der Waals surface area contributed by atoms with Gasteiger partial charge in [-0.2, -0.15) is 0 Å². The fourth-order valence-corrected chi connectivity index (χ4v) is 3.30. The molecule has 20 heavy (non-hydrogen) atoms. The van der Waals surface area contributed by atoms with Crippen LogP contribution in [0.4, 0.5) is 4.39 Å². The van der Waals surface area contributed by atoms with Gasteiger partial charge >= 0.3 is 5.97 Å². The van der Waals surface area contributed by atoms with Crippen molar-refractivity contribution in [3.8, 4) is 0 Å². The molecule has 5 heteroatoms. The summed E-state index contributed by atoms with van der Waals surface area (Å²) >= 11 is 0. The van der Waals surface area contributed by atoms with Crippen molar-refractivity contribution in [2.24, 2.45) is 5.92 Å². The number of benzene rings is 1. The Kier molecular flexibility index (Phi) is 3.48. The number of rotatable bonds is 4. The largest absolute Gasteiger partial charge is 0.481 e. The van der Waals surface area contributed by atoms with Gasteiger partial charge in [0.15, 0.2) is 0 Å². The van der Waals surface area contributed by atoms with Gasteiger partial charge in [-0.15, -0.1) is 0 Å². The Bertz CT molecular complexity index is 534. The summed E-state index contributed by atoms with van der Waals surface area (Å²) in [4.78, 5) is 11.3. The minimum absolute atomic E-state index is 0.0114. The molecule has 2 saturated heterocycles. The third-order valence-corrected chi connectivity index (χ3v) is 4.32. The zero-order chi connectivity index (χ0) is 14.3. The molecule has 2 heterocycles. The van der Waals surface area contributed by atoms with Crippen LogP contribution in [0.3, 0.4) is 0 Å². The van der Waals surface area contributed by atoms with Crippen LogP contribution < -0.4 is 5.32 Å². The minimum atomic E-state index is -0.801. The van der Waals surface area contributed by atoms with Gasteiger partial charge in [0.1, 0.15) is 11.7 Å². The van der Waals surface area contributed by atoms with Gasteiger partial charge in [-0.25, -0.2) is 4.39 Å². The quantitative estimate of drug-likeness (QED) is 0.883. The van der Waals surface area contributed by atoms with Gasteiger partial charge in [0.25, 0.3) is 0 Å². The fraction of sp³-hybridized carbons (Fsp3) is 0.533. The van der Waals surface area contributed by atoms with Crippen molar-refractivity contribution in [2.45, 2.75) is 44.6 Å². The molecule has 1 aromatic rings. The van der Waals surface area contributed by atoms with E-state index in [1.165, 1.54) is 6.07 Å². The number of ether oxygens (including phenoxy) is 1. The maximum Gasteiger partial charge on any atom is 0.310 e. The Labute approximate surface area is 116 Å². The molecule has 108 valence electrons. The monoisotopic (exact) mass is 279 g/mol.